The number of likely N-dealkylation sites (N-methyl/N-ethyl adjacent to an activating group) is 1. The molecule has 0 aliphatic rings. The molecule has 3 rings (SSSR count). The van der Waals surface area contributed by atoms with Gasteiger partial charge in [0, 0.05) is 13.1 Å². The van der Waals surface area contributed by atoms with E-state index in [1.807, 2.05) is 38.1 Å². The molecule has 2 amide bonds. The number of hydrogen-bond donors (Lipinski definition) is 1. The second-order valence-electron chi connectivity index (χ2n) is 8.83. The van der Waals surface area contributed by atoms with Crippen molar-refractivity contribution in [1.29, 1.82) is 0 Å². The zero-order chi connectivity index (χ0) is 27.7. The van der Waals surface area contributed by atoms with Gasteiger partial charge in [-0.1, -0.05) is 48.0 Å². The normalized spacial score (nSPS) is 11.9. The van der Waals surface area contributed by atoms with E-state index in [2.05, 4.69) is 5.32 Å². The van der Waals surface area contributed by atoms with Crippen molar-refractivity contribution in [2.45, 2.75) is 45.2 Å². The van der Waals surface area contributed by atoms with Crippen LogP contribution in [-0.2, 0) is 26.2 Å². The zero-order valence-corrected chi connectivity index (χ0v) is 23.1. The lowest BCUT2D eigenvalue weighted by Crippen LogP contribution is -2.51. The summed E-state index contributed by atoms with van der Waals surface area (Å²) in [6.07, 6.45) is 0. The summed E-state index contributed by atoms with van der Waals surface area (Å²) in [7, 11) is -4.10. The van der Waals surface area contributed by atoms with Crippen LogP contribution in [0.4, 0.5) is 5.69 Å². The number of hydrogen-bond acceptors (Lipinski definition) is 5. The molecule has 0 saturated carbocycles. The van der Waals surface area contributed by atoms with E-state index >= 15 is 0 Å². The lowest BCUT2D eigenvalue weighted by atomic mass is 10.1. The van der Waals surface area contributed by atoms with Crippen LogP contribution in [0.5, 0.6) is 5.75 Å². The summed E-state index contributed by atoms with van der Waals surface area (Å²) < 4.78 is 34.1. The number of nitrogens with one attached hydrogen (secondary N) is 1. The number of benzene rings is 3. The number of carbonyl (C=O) groups is 2. The summed E-state index contributed by atoms with van der Waals surface area (Å²) in [6, 6.07) is 21.3. The first-order valence-electron chi connectivity index (χ1n) is 12.6. The van der Waals surface area contributed by atoms with Crippen molar-refractivity contribution in [3.05, 3.63) is 90.0 Å². The van der Waals surface area contributed by atoms with Crippen LogP contribution < -0.4 is 14.4 Å². The Morgan fingerprint density at radius 3 is 2.24 bits per heavy atom. The van der Waals surface area contributed by atoms with Gasteiger partial charge >= 0.3 is 0 Å². The first-order valence-corrected chi connectivity index (χ1v) is 14.0. The van der Waals surface area contributed by atoms with E-state index in [0.29, 0.717) is 24.6 Å². The summed E-state index contributed by atoms with van der Waals surface area (Å²) in [6.45, 7) is 7.80. The molecule has 0 fully saturated rings. The Labute approximate surface area is 225 Å². The molecule has 3 aromatic rings. The molecule has 0 aromatic heterocycles. The van der Waals surface area contributed by atoms with E-state index in [-0.39, 0.29) is 17.3 Å². The highest BCUT2D eigenvalue weighted by Crippen LogP contribution is 2.26. The molecule has 8 nitrogen and oxygen atoms in total. The maximum atomic E-state index is 13.8. The molecule has 38 heavy (non-hydrogen) atoms. The van der Waals surface area contributed by atoms with Gasteiger partial charge in [-0.3, -0.25) is 13.9 Å². The zero-order valence-electron chi connectivity index (χ0n) is 22.3. The predicted molar refractivity (Wildman–Crippen MR) is 148 cm³/mol. The van der Waals surface area contributed by atoms with E-state index in [1.165, 1.54) is 17.0 Å². The molecule has 0 heterocycles. The van der Waals surface area contributed by atoms with Gasteiger partial charge in [-0.15, -0.1) is 0 Å². The SMILES string of the molecule is CCNC(=O)C(C)N(Cc1cccc(C)c1)C(=O)CN(c1ccc(OCC)cc1)S(=O)(=O)c1ccccc1. The van der Waals surface area contributed by atoms with Crippen molar-refractivity contribution in [2.75, 3.05) is 24.0 Å². The average molecular weight is 538 g/mol. The topological polar surface area (TPSA) is 96.0 Å². The molecule has 3 aromatic carbocycles. The van der Waals surface area contributed by atoms with E-state index in [4.69, 9.17) is 4.74 Å². The van der Waals surface area contributed by atoms with Crippen molar-refractivity contribution in [3.8, 4) is 5.75 Å². The number of nitrogens with zero attached hydrogens (tertiary/aromatic N) is 2. The van der Waals surface area contributed by atoms with Crippen LogP contribution in [-0.4, -0.2) is 50.9 Å². The third kappa shape index (κ3) is 7.13. The Bertz CT molecular complexity index is 1330. The largest absolute Gasteiger partial charge is 0.494 e. The Morgan fingerprint density at radius 1 is 0.947 bits per heavy atom. The number of anilines is 1. The molecule has 1 unspecified atom stereocenters. The highest BCUT2D eigenvalue weighted by Gasteiger charge is 2.32. The minimum Gasteiger partial charge on any atom is -0.494 e. The van der Waals surface area contributed by atoms with Gasteiger partial charge in [0.2, 0.25) is 11.8 Å². The van der Waals surface area contributed by atoms with Crippen molar-refractivity contribution in [2.24, 2.45) is 0 Å². The number of carbonyl (C=O) groups excluding carboxylic acids is 2. The van der Waals surface area contributed by atoms with Crippen molar-refractivity contribution < 1.29 is 22.7 Å². The predicted octanol–water partition coefficient (Wildman–Crippen LogP) is 4.14. The standard InChI is InChI=1S/C29H35N3O5S/c1-5-30-29(34)23(4)31(20-24-12-10-11-22(3)19-24)28(33)21-32(25-15-17-26(18-16-25)37-6-2)38(35,36)27-13-8-7-9-14-27/h7-19,23H,5-6,20-21H2,1-4H3,(H,30,34). The van der Waals surface area contributed by atoms with Crippen LogP contribution >= 0.6 is 0 Å². The second kappa shape index (κ2) is 13.1. The van der Waals surface area contributed by atoms with Crippen LogP contribution in [0.3, 0.4) is 0 Å². The lowest BCUT2D eigenvalue weighted by Gasteiger charge is -2.32. The summed E-state index contributed by atoms with van der Waals surface area (Å²) in [4.78, 5) is 28.1. The molecule has 0 radical (unpaired) electrons. The minimum atomic E-state index is -4.10. The quantitative estimate of drug-likeness (QED) is 0.375. The van der Waals surface area contributed by atoms with Gasteiger partial charge < -0.3 is 15.0 Å². The molecule has 0 aliphatic heterocycles. The Kier molecular flexibility index (Phi) is 9.90. The van der Waals surface area contributed by atoms with Gasteiger partial charge in [-0.2, -0.15) is 0 Å². The van der Waals surface area contributed by atoms with Gasteiger partial charge in [0.1, 0.15) is 18.3 Å². The minimum absolute atomic E-state index is 0.0590. The summed E-state index contributed by atoms with van der Waals surface area (Å²) >= 11 is 0. The summed E-state index contributed by atoms with van der Waals surface area (Å²) in [5, 5.41) is 2.76. The maximum Gasteiger partial charge on any atom is 0.264 e. The third-order valence-electron chi connectivity index (χ3n) is 6.00. The molecule has 1 atom stereocenters. The van der Waals surface area contributed by atoms with Gasteiger partial charge in [-0.05, 0) is 69.7 Å². The molecule has 1 N–H and O–H groups in total. The fourth-order valence-corrected chi connectivity index (χ4v) is 5.47. The Morgan fingerprint density at radius 2 is 1.63 bits per heavy atom. The van der Waals surface area contributed by atoms with E-state index in [0.717, 1.165) is 15.4 Å². The first kappa shape index (κ1) is 28.7. The summed E-state index contributed by atoms with van der Waals surface area (Å²) in [5.41, 5.74) is 2.17. The molecule has 0 saturated heterocycles. The number of ether oxygens (including phenoxy) is 1. The van der Waals surface area contributed by atoms with Crippen LogP contribution in [0.25, 0.3) is 0 Å². The highest BCUT2D eigenvalue weighted by molar-refractivity contribution is 7.92. The lowest BCUT2D eigenvalue weighted by molar-refractivity contribution is -0.139. The van der Waals surface area contributed by atoms with Gasteiger partial charge in [-0.25, -0.2) is 8.42 Å². The van der Waals surface area contributed by atoms with Crippen LogP contribution in [0.2, 0.25) is 0 Å². The highest BCUT2D eigenvalue weighted by atomic mass is 32.2. The van der Waals surface area contributed by atoms with Crippen molar-refractivity contribution in [1.82, 2.24) is 10.2 Å². The number of amides is 2. The molecule has 202 valence electrons. The molecular weight excluding hydrogens is 502 g/mol. The molecule has 9 heteroatoms. The van der Waals surface area contributed by atoms with E-state index < -0.39 is 28.5 Å². The number of sulfonamides is 1. The fraction of sp³-hybridized carbons (Fsp3) is 0.310. The smallest absolute Gasteiger partial charge is 0.264 e. The van der Waals surface area contributed by atoms with Crippen LogP contribution in [0, 0.1) is 6.92 Å². The monoisotopic (exact) mass is 537 g/mol. The molecule has 0 aliphatic carbocycles. The van der Waals surface area contributed by atoms with E-state index in [1.54, 1.807) is 56.3 Å². The average Bonchev–Trinajstić information content (AvgIpc) is 2.91. The Hall–Kier alpha value is -3.85. The summed E-state index contributed by atoms with van der Waals surface area (Å²) in [5.74, 6) is -0.226. The fourth-order valence-electron chi connectivity index (χ4n) is 4.04. The maximum absolute atomic E-state index is 13.8. The van der Waals surface area contributed by atoms with Gasteiger partial charge in [0.05, 0.1) is 17.2 Å². The Balaban J connectivity index is 2.01. The molecule has 0 spiro atoms. The number of rotatable bonds is 12. The van der Waals surface area contributed by atoms with Crippen LogP contribution in [0.1, 0.15) is 31.9 Å². The molecular formula is C29H35N3O5S. The van der Waals surface area contributed by atoms with Gasteiger partial charge in [0.15, 0.2) is 0 Å². The molecule has 0 bridgehead atoms. The van der Waals surface area contributed by atoms with E-state index in [9.17, 15) is 18.0 Å². The number of aryl methyl sites for hydroxylation is 1. The second-order valence-corrected chi connectivity index (χ2v) is 10.7. The van der Waals surface area contributed by atoms with Crippen molar-refractivity contribution in [3.63, 3.8) is 0 Å². The third-order valence-corrected chi connectivity index (χ3v) is 7.79. The van der Waals surface area contributed by atoms with Crippen LogP contribution in [0.15, 0.2) is 83.8 Å². The van der Waals surface area contributed by atoms with Crippen molar-refractivity contribution >= 4 is 27.5 Å². The van der Waals surface area contributed by atoms with Gasteiger partial charge in [0.25, 0.3) is 10.0 Å². The first-order chi connectivity index (χ1) is 18.2.